The van der Waals surface area contributed by atoms with Crippen LogP contribution in [0.1, 0.15) is 43.1 Å². The van der Waals surface area contributed by atoms with Crippen LogP contribution in [0, 0.1) is 0 Å². The van der Waals surface area contributed by atoms with Gasteiger partial charge in [-0.2, -0.15) is 5.10 Å². The van der Waals surface area contributed by atoms with Gasteiger partial charge in [-0.1, -0.05) is 6.07 Å². The first kappa shape index (κ1) is 14.1. The van der Waals surface area contributed by atoms with Gasteiger partial charge in [-0.3, -0.25) is 4.68 Å². The fraction of sp³-hybridized carbons (Fsp3) is 0.471. The molecule has 0 bridgehead atoms. The minimum absolute atomic E-state index is 0.337. The van der Waals surface area contributed by atoms with Gasteiger partial charge in [-0.15, -0.1) is 0 Å². The van der Waals surface area contributed by atoms with E-state index in [2.05, 4.69) is 25.0 Å². The Labute approximate surface area is 125 Å². The van der Waals surface area contributed by atoms with Gasteiger partial charge >= 0.3 is 0 Å². The standard InChI is InChI=1S/C17H22N2O2/c1-12(2)19-9-7-14(18-19)11-17(20)8-6-13-4-5-15(21-3)10-16(13)17/h4-5,7,9-10,12,20H,6,8,11H2,1-3H3. The van der Waals surface area contributed by atoms with E-state index in [1.165, 1.54) is 5.56 Å². The van der Waals surface area contributed by atoms with E-state index >= 15 is 0 Å². The molecule has 1 aromatic carbocycles. The summed E-state index contributed by atoms with van der Waals surface area (Å²) in [6, 6.07) is 8.30. The number of nitrogens with zero attached hydrogens (tertiary/aromatic N) is 2. The molecule has 1 aromatic heterocycles. The van der Waals surface area contributed by atoms with Crippen LogP contribution in [0.4, 0.5) is 0 Å². The lowest BCUT2D eigenvalue weighted by Gasteiger charge is -2.23. The highest BCUT2D eigenvalue weighted by atomic mass is 16.5. The van der Waals surface area contributed by atoms with E-state index in [9.17, 15) is 5.11 Å². The van der Waals surface area contributed by atoms with Crippen molar-refractivity contribution in [2.45, 2.75) is 44.8 Å². The van der Waals surface area contributed by atoms with Crippen molar-refractivity contribution in [2.75, 3.05) is 7.11 Å². The average molecular weight is 286 g/mol. The number of hydrogen-bond acceptors (Lipinski definition) is 3. The van der Waals surface area contributed by atoms with Crippen LogP contribution < -0.4 is 4.74 Å². The first-order valence-electron chi connectivity index (χ1n) is 7.45. The van der Waals surface area contributed by atoms with Crippen LogP contribution in [-0.2, 0) is 18.4 Å². The summed E-state index contributed by atoms with van der Waals surface area (Å²) in [5.74, 6) is 0.793. The van der Waals surface area contributed by atoms with E-state index in [1.54, 1.807) is 7.11 Å². The summed E-state index contributed by atoms with van der Waals surface area (Å²) in [6.07, 6.45) is 4.17. The molecule has 0 radical (unpaired) electrons. The summed E-state index contributed by atoms with van der Waals surface area (Å²) in [4.78, 5) is 0. The lowest BCUT2D eigenvalue weighted by atomic mass is 9.91. The van der Waals surface area contributed by atoms with Gasteiger partial charge in [0, 0.05) is 18.7 Å². The smallest absolute Gasteiger partial charge is 0.119 e. The van der Waals surface area contributed by atoms with Crippen molar-refractivity contribution >= 4 is 0 Å². The number of hydrogen-bond donors (Lipinski definition) is 1. The number of rotatable bonds is 4. The molecule has 21 heavy (non-hydrogen) atoms. The zero-order chi connectivity index (χ0) is 15.0. The SMILES string of the molecule is COc1ccc2c(c1)C(O)(Cc1ccn(C(C)C)n1)CC2. The van der Waals surface area contributed by atoms with Crippen LogP contribution in [0.5, 0.6) is 5.75 Å². The van der Waals surface area contributed by atoms with Crippen LogP contribution in [0.25, 0.3) is 0 Å². The molecule has 0 saturated carbocycles. The van der Waals surface area contributed by atoms with E-state index in [1.807, 2.05) is 29.1 Å². The van der Waals surface area contributed by atoms with Gasteiger partial charge in [-0.05, 0) is 56.0 Å². The number of methoxy groups -OCH3 is 1. The van der Waals surface area contributed by atoms with Crippen LogP contribution in [-0.4, -0.2) is 22.0 Å². The molecule has 1 unspecified atom stereocenters. The Bertz CT molecular complexity index is 648. The molecule has 3 rings (SSSR count). The number of aromatic nitrogens is 2. The summed E-state index contributed by atoms with van der Waals surface area (Å²) in [7, 11) is 1.65. The number of benzene rings is 1. The van der Waals surface area contributed by atoms with Gasteiger partial charge in [0.1, 0.15) is 5.75 Å². The Morgan fingerprint density at radius 3 is 2.86 bits per heavy atom. The van der Waals surface area contributed by atoms with Crippen molar-refractivity contribution in [3.8, 4) is 5.75 Å². The molecule has 0 spiro atoms. The summed E-state index contributed by atoms with van der Waals surface area (Å²) in [5, 5.41) is 15.6. The second-order valence-corrected chi connectivity index (χ2v) is 6.11. The third-order valence-corrected chi connectivity index (χ3v) is 4.29. The topological polar surface area (TPSA) is 47.3 Å². The van der Waals surface area contributed by atoms with E-state index < -0.39 is 5.60 Å². The van der Waals surface area contributed by atoms with Crippen molar-refractivity contribution in [1.29, 1.82) is 0 Å². The predicted octanol–water partition coefficient (Wildman–Crippen LogP) is 2.85. The molecule has 1 atom stereocenters. The van der Waals surface area contributed by atoms with E-state index in [4.69, 9.17) is 4.74 Å². The van der Waals surface area contributed by atoms with Gasteiger partial charge in [0.2, 0.25) is 0 Å². The molecule has 1 aliphatic rings. The van der Waals surface area contributed by atoms with Gasteiger partial charge in [-0.25, -0.2) is 0 Å². The quantitative estimate of drug-likeness (QED) is 0.940. The van der Waals surface area contributed by atoms with E-state index in [-0.39, 0.29) is 0 Å². The zero-order valence-electron chi connectivity index (χ0n) is 12.8. The number of fused-ring (bicyclic) bond motifs is 1. The van der Waals surface area contributed by atoms with Gasteiger partial charge in [0.15, 0.2) is 0 Å². The Kier molecular flexibility index (Phi) is 3.49. The zero-order valence-corrected chi connectivity index (χ0v) is 12.8. The highest BCUT2D eigenvalue weighted by molar-refractivity contribution is 5.43. The van der Waals surface area contributed by atoms with Gasteiger partial charge < -0.3 is 9.84 Å². The fourth-order valence-electron chi connectivity index (χ4n) is 3.05. The van der Waals surface area contributed by atoms with E-state index in [0.29, 0.717) is 12.5 Å². The highest BCUT2D eigenvalue weighted by Gasteiger charge is 2.37. The maximum atomic E-state index is 11.1. The summed E-state index contributed by atoms with van der Waals surface area (Å²) >= 11 is 0. The molecule has 0 fully saturated rings. The van der Waals surface area contributed by atoms with Crippen LogP contribution in [0.3, 0.4) is 0 Å². The highest BCUT2D eigenvalue weighted by Crippen LogP contribution is 2.40. The normalized spacial score (nSPS) is 20.8. The number of aliphatic hydroxyl groups is 1. The molecule has 0 aliphatic heterocycles. The lowest BCUT2D eigenvalue weighted by molar-refractivity contribution is 0.0376. The maximum absolute atomic E-state index is 11.1. The van der Waals surface area contributed by atoms with Crippen molar-refractivity contribution in [3.63, 3.8) is 0 Å². The molecule has 112 valence electrons. The third kappa shape index (κ3) is 2.56. The maximum Gasteiger partial charge on any atom is 0.119 e. The van der Waals surface area contributed by atoms with Crippen molar-refractivity contribution in [3.05, 3.63) is 47.3 Å². The van der Waals surface area contributed by atoms with Crippen molar-refractivity contribution in [2.24, 2.45) is 0 Å². The van der Waals surface area contributed by atoms with Gasteiger partial charge in [0.25, 0.3) is 0 Å². The summed E-state index contributed by atoms with van der Waals surface area (Å²) in [5.41, 5.74) is 2.30. The average Bonchev–Trinajstić information content (AvgIpc) is 3.05. The molecule has 1 aliphatic carbocycles. The number of aryl methyl sites for hydroxylation is 1. The van der Waals surface area contributed by atoms with E-state index in [0.717, 1.165) is 29.8 Å². The summed E-state index contributed by atoms with van der Waals surface area (Å²) in [6.45, 7) is 4.20. The van der Waals surface area contributed by atoms with Crippen molar-refractivity contribution in [1.82, 2.24) is 9.78 Å². The van der Waals surface area contributed by atoms with Gasteiger partial charge in [0.05, 0.1) is 18.4 Å². The monoisotopic (exact) mass is 286 g/mol. The Balaban J connectivity index is 1.89. The van der Waals surface area contributed by atoms with Crippen LogP contribution in [0.15, 0.2) is 30.5 Å². The fourth-order valence-corrected chi connectivity index (χ4v) is 3.05. The molecular formula is C17H22N2O2. The molecule has 4 nitrogen and oxygen atoms in total. The lowest BCUT2D eigenvalue weighted by Crippen LogP contribution is -2.25. The van der Waals surface area contributed by atoms with Crippen LogP contribution >= 0.6 is 0 Å². The Morgan fingerprint density at radius 1 is 1.38 bits per heavy atom. The first-order chi connectivity index (χ1) is 10.0. The molecular weight excluding hydrogens is 264 g/mol. The minimum Gasteiger partial charge on any atom is -0.497 e. The van der Waals surface area contributed by atoms with Crippen molar-refractivity contribution < 1.29 is 9.84 Å². The molecule has 2 aromatic rings. The Hall–Kier alpha value is -1.81. The van der Waals surface area contributed by atoms with Crippen LogP contribution in [0.2, 0.25) is 0 Å². The largest absolute Gasteiger partial charge is 0.497 e. The number of ether oxygens (including phenoxy) is 1. The molecule has 1 N–H and O–H groups in total. The second-order valence-electron chi connectivity index (χ2n) is 6.11. The molecule has 4 heteroatoms. The first-order valence-corrected chi connectivity index (χ1v) is 7.45. The summed E-state index contributed by atoms with van der Waals surface area (Å²) < 4.78 is 7.22. The second kappa shape index (κ2) is 5.19. The molecule has 1 heterocycles. The Morgan fingerprint density at radius 2 is 2.19 bits per heavy atom. The molecule has 0 amide bonds. The molecule has 0 saturated heterocycles. The predicted molar refractivity (Wildman–Crippen MR) is 81.5 cm³/mol. The minimum atomic E-state index is -0.833. The third-order valence-electron chi connectivity index (χ3n) is 4.29.